The summed E-state index contributed by atoms with van der Waals surface area (Å²) in [5, 5.41) is 4.35. The van der Waals surface area contributed by atoms with Gasteiger partial charge in [-0.1, -0.05) is 28.1 Å². The number of hydrogen-bond donors (Lipinski definition) is 0. The molecular weight excluding hydrogens is 330 g/mol. The fraction of sp³-hybridized carbons (Fsp3) is 0.188. The van der Waals surface area contributed by atoms with Gasteiger partial charge in [-0.05, 0) is 30.5 Å². The van der Waals surface area contributed by atoms with Gasteiger partial charge in [0.2, 0.25) is 0 Å². The first-order valence-electron chi connectivity index (χ1n) is 6.89. The number of rotatable bonds is 1. The summed E-state index contributed by atoms with van der Waals surface area (Å²) in [6.45, 7) is 0. The van der Waals surface area contributed by atoms with Gasteiger partial charge in [-0.25, -0.2) is 9.50 Å². The lowest BCUT2D eigenvalue weighted by Gasteiger charge is -2.13. The van der Waals surface area contributed by atoms with Crippen molar-refractivity contribution in [3.8, 4) is 11.1 Å². The van der Waals surface area contributed by atoms with Crippen LogP contribution in [0.25, 0.3) is 16.8 Å². The maximum absolute atomic E-state index is 12.0. The Morgan fingerprint density at radius 1 is 1.10 bits per heavy atom. The van der Waals surface area contributed by atoms with Crippen LogP contribution in [0.1, 0.15) is 28.9 Å². The summed E-state index contributed by atoms with van der Waals surface area (Å²) in [6, 6.07) is 8.07. The van der Waals surface area contributed by atoms with E-state index in [-0.39, 0.29) is 5.78 Å². The van der Waals surface area contributed by atoms with Gasteiger partial charge in [0.25, 0.3) is 0 Å². The number of nitrogens with zero attached hydrogens (tertiary/aromatic N) is 3. The Hall–Kier alpha value is -2.01. The van der Waals surface area contributed by atoms with Crippen LogP contribution in [-0.4, -0.2) is 20.4 Å². The van der Waals surface area contributed by atoms with Crippen molar-refractivity contribution in [2.75, 3.05) is 0 Å². The largest absolute Gasteiger partial charge is 0.294 e. The van der Waals surface area contributed by atoms with Crippen molar-refractivity contribution >= 4 is 27.4 Å². The van der Waals surface area contributed by atoms with Gasteiger partial charge in [0, 0.05) is 22.7 Å². The van der Waals surface area contributed by atoms with Gasteiger partial charge < -0.3 is 0 Å². The maximum Gasteiger partial charge on any atom is 0.166 e. The van der Waals surface area contributed by atoms with Crippen LogP contribution in [0.2, 0.25) is 0 Å². The molecule has 4 nitrogen and oxygen atoms in total. The van der Waals surface area contributed by atoms with E-state index in [1.54, 1.807) is 4.52 Å². The van der Waals surface area contributed by atoms with Crippen LogP contribution in [0.5, 0.6) is 0 Å². The number of ketones is 1. The molecule has 3 aromatic rings. The van der Waals surface area contributed by atoms with Gasteiger partial charge in [0.15, 0.2) is 11.4 Å². The molecule has 0 bridgehead atoms. The molecule has 0 spiro atoms. The van der Waals surface area contributed by atoms with Gasteiger partial charge in [0.05, 0.1) is 17.5 Å². The number of carbonyl (C=O) groups excluding carboxylic acids is 1. The van der Waals surface area contributed by atoms with Crippen molar-refractivity contribution in [2.45, 2.75) is 19.3 Å². The Balaban J connectivity index is 1.92. The summed E-state index contributed by atoms with van der Waals surface area (Å²) in [4.78, 5) is 16.6. The summed E-state index contributed by atoms with van der Waals surface area (Å²) in [5.41, 5.74) is 4.49. The number of halogens is 1. The van der Waals surface area contributed by atoms with E-state index in [1.807, 2.05) is 36.7 Å². The first kappa shape index (κ1) is 12.7. The van der Waals surface area contributed by atoms with Gasteiger partial charge in [-0.3, -0.25) is 4.79 Å². The third kappa shape index (κ3) is 2.08. The lowest BCUT2D eigenvalue weighted by molar-refractivity contribution is 0.0971. The van der Waals surface area contributed by atoms with Crippen LogP contribution in [0.15, 0.2) is 41.1 Å². The lowest BCUT2D eigenvalue weighted by Crippen LogP contribution is -2.14. The molecule has 1 aliphatic rings. The van der Waals surface area contributed by atoms with Crippen molar-refractivity contribution in [1.82, 2.24) is 14.6 Å². The average Bonchev–Trinajstić information content (AvgIpc) is 2.90. The smallest absolute Gasteiger partial charge is 0.166 e. The van der Waals surface area contributed by atoms with Crippen LogP contribution in [0.4, 0.5) is 0 Å². The van der Waals surface area contributed by atoms with E-state index in [9.17, 15) is 4.79 Å². The summed E-state index contributed by atoms with van der Waals surface area (Å²) >= 11 is 3.44. The number of aryl methyl sites for hydroxylation is 1. The molecule has 0 radical (unpaired) electrons. The second kappa shape index (κ2) is 4.77. The van der Waals surface area contributed by atoms with Crippen LogP contribution < -0.4 is 0 Å². The molecule has 104 valence electrons. The number of hydrogen-bond acceptors (Lipinski definition) is 3. The Morgan fingerprint density at radius 2 is 1.90 bits per heavy atom. The van der Waals surface area contributed by atoms with E-state index in [2.05, 4.69) is 21.0 Å². The van der Waals surface area contributed by atoms with E-state index in [0.29, 0.717) is 6.42 Å². The van der Waals surface area contributed by atoms with Crippen molar-refractivity contribution < 1.29 is 4.79 Å². The van der Waals surface area contributed by atoms with Crippen molar-refractivity contribution in [2.24, 2.45) is 0 Å². The molecule has 5 heteroatoms. The second-order valence-corrected chi connectivity index (χ2v) is 6.13. The average molecular weight is 342 g/mol. The van der Waals surface area contributed by atoms with Crippen molar-refractivity contribution in [1.29, 1.82) is 0 Å². The highest BCUT2D eigenvalue weighted by molar-refractivity contribution is 9.10. The van der Waals surface area contributed by atoms with Gasteiger partial charge >= 0.3 is 0 Å². The molecule has 0 amide bonds. The SMILES string of the molecule is O=C1CCCc2nc3c(-c4ccc(Br)cc4)cnn3cc21. The zero-order valence-electron chi connectivity index (χ0n) is 11.2. The molecule has 1 aliphatic carbocycles. The molecule has 0 unspecified atom stereocenters. The Kier molecular flexibility index (Phi) is 2.89. The van der Waals surface area contributed by atoms with Crippen LogP contribution in [0, 0.1) is 0 Å². The molecular formula is C16H12BrN3O. The predicted octanol–water partition coefficient (Wildman–Crippen LogP) is 3.68. The minimum absolute atomic E-state index is 0.173. The monoisotopic (exact) mass is 341 g/mol. The fourth-order valence-corrected chi connectivity index (χ4v) is 3.02. The minimum Gasteiger partial charge on any atom is -0.294 e. The highest BCUT2D eigenvalue weighted by atomic mass is 79.9. The summed E-state index contributed by atoms with van der Waals surface area (Å²) in [7, 11) is 0. The summed E-state index contributed by atoms with van der Waals surface area (Å²) < 4.78 is 2.75. The van der Waals surface area contributed by atoms with Crippen molar-refractivity contribution in [3.05, 3.63) is 52.4 Å². The topological polar surface area (TPSA) is 47.3 Å². The Morgan fingerprint density at radius 3 is 2.71 bits per heavy atom. The number of aromatic nitrogens is 3. The summed E-state index contributed by atoms with van der Waals surface area (Å²) in [6.07, 6.45) is 5.99. The van der Waals surface area contributed by atoms with Gasteiger partial charge in [0.1, 0.15) is 0 Å². The van der Waals surface area contributed by atoms with Gasteiger partial charge in [-0.2, -0.15) is 5.10 Å². The minimum atomic E-state index is 0.173. The molecule has 0 N–H and O–H groups in total. The quantitative estimate of drug-likeness (QED) is 0.678. The van der Waals surface area contributed by atoms with E-state index < -0.39 is 0 Å². The molecule has 0 aliphatic heterocycles. The normalized spacial score (nSPS) is 14.4. The molecule has 0 saturated carbocycles. The second-order valence-electron chi connectivity index (χ2n) is 5.21. The highest BCUT2D eigenvalue weighted by Crippen LogP contribution is 2.27. The predicted molar refractivity (Wildman–Crippen MR) is 83.4 cm³/mol. The van der Waals surface area contributed by atoms with Gasteiger partial charge in [-0.15, -0.1) is 0 Å². The first-order chi connectivity index (χ1) is 10.2. The number of Topliss-reactive ketones (excluding diaryl/α,β-unsaturated/α-hetero) is 1. The van der Waals surface area contributed by atoms with E-state index in [0.717, 1.165) is 45.3 Å². The Labute approximate surface area is 129 Å². The van der Waals surface area contributed by atoms with Crippen LogP contribution in [0.3, 0.4) is 0 Å². The lowest BCUT2D eigenvalue weighted by atomic mass is 9.96. The number of fused-ring (bicyclic) bond motifs is 2. The molecule has 0 atom stereocenters. The molecule has 2 aromatic heterocycles. The van der Waals surface area contributed by atoms with E-state index in [1.165, 1.54) is 0 Å². The zero-order chi connectivity index (χ0) is 14.4. The highest BCUT2D eigenvalue weighted by Gasteiger charge is 2.21. The summed E-state index contributed by atoms with van der Waals surface area (Å²) in [5.74, 6) is 0.173. The van der Waals surface area contributed by atoms with Crippen LogP contribution in [-0.2, 0) is 6.42 Å². The molecule has 1 aromatic carbocycles. The fourth-order valence-electron chi connectivity index (χ4n) is 2.75. The molecule has 4 rings (SSSR count). The van der Waals surface area contributed by atoms with Crippen LogP contribution >= 0.6 is 15.9 Å². The number of carbonyl (C=O) groups is 1. The molecule has 21 heavy (non-hydrogen) atoms. The number of benzene rings is 1. The molecule has 2 heterocycles. The maximum atomic E-state index is 12.0. The molecule has 0 fully saturated rings. The standard InChI is InChI=1S/C16H12BrN3O/c17-11-6-4-10(5-7-11)12-8-18-20-9-13-14(19-16(12)20)2-1-3-15(13)21/h4-9H,1-3H2. The van der Waals surface area contributed by atoms with E-state index >= 15 is 0 Å². The molecule has 0 saturated heterocycles. The van der Waals surface area contributed by atoms with Crippen molar-refractivity contribution in [3.63, 3.8) is 0 Å². The first-order valence-corrected chi connectivity index (χ1v) is 7.68. The zero-order valence-corrected chi connectivity index (χ0v) is 12.8. The van der Waals surface area contributed by atoms with E-state index in [4.69, 9.17) is 4.98 Å². The third-order valence-electron chi connectivity index (χ3n) is 3.85. The third-order valence-corrected chi connectivity index (χ3v) is 4.37. The Bertz CT molecular complexity index is 852.